The van der Waals surface area contributed by atoms with Gasteiger partial charge in [0.2, 0.25) is 0 Å². The Labute approximate surface area is 254 Å². The van der Waals surface area contributed by atoms with E-state index in [1.165, 1.54) is 0 Å². The van der Waals surface area contributed by atoms with E-state index < -0.39 is 0 Å². The molecule has 0 saturated carbocycles. The molecule has 1 aliphatic heterocycles. The third kappa shape index (κ3) is 7.28. The fourth-order valence-corrected chi connectivity index (χ4v) is 5.89. The van der Waals surface area contributed by atoms with Crippen LogP contribution in [0.5, 0.6) is 0 Å². The number of imidazole rings is 1. The highest BCUT2D eigenvalue weighted by Gasteiger charge is 2.24. The molecular formula is C34H44N6O3. The molecular weight excluding hydrogens is 540 g/mol. The number of amides is 3. The predicted molar refractivity (Wildman–Crippen MR) is 170 cm³/mol. The molecule has 2 aromatic carbocycles. The highest BCUT2D eigenvalue weighted by Crippen LogP contribution is 2.33. The zero-order valence-electron chi connectivity index (χ0n) is 25.7. The molecule has 228 valence electrons. The molecule has 9 heteroatoms. The second-order valence-corrected chi connectivity index (χ2v) is 11.6. The SMILES string of the molecule is CCCCNC(=O)N1CCC(Cn2cncc2Cn2cc(C(=O)N(C)CCOC)c(-c3cccc4ccccc34)c2)CC1. The molecule has 1 aliphatic rings. The summed E-state index contributed by atoms with van der Waals surface area (Å²) in [6.45, 7) is 6.89. The summed E-state index contributed by atoms with van der Waals surface area (Å²) in [6.07, 6.45) is 11.9. The number of likely N-dealkylation sites (tertiary alicyclic amines) is 1. The molecule has 2 aromatic heterocycles. The maximum Gasteiger partial charge on any atom is 0.317 e. The second kappa shape index (κ2) is 14.4. The number of hydrogen-bond acceptors (Lipinski definition) is 4. The Balaban J connectivity index is 1.33. The Kier molecular flexibility index (Phi) is 10.1. The molecule has 1 N–H and O–H groups in total. The summed E-state index contributed by atoms with van der Waals surface area (Å²) in [4.78, 5) is 34.3. The Bertz CT molecular complexity index is 1510. The van der Waals surface area contributed by atoms with Crippen LogP contribution in [0.4, 0.5) is 4.79 Å². The zero-order chi connectivity index (χ0) is 30.2. The molecule has 1 fully saturated rings. The Hall–Kier alpha value is -4.11. The van der Waals surface area contributed by atoms with Crippen LogP contribution in [0.25, 0.3) is 21.9 Å². The molecule has 3 heterocycles. The van der Waals surface area contributed by atoms with E-state index in [-0.39, 0.29) is 11.9 Å². The minimum atomic E-state index is -0.0299. The van der Waals surface area contributed by atoms with E-state index in [0.717, 1.165) is 79.5 Å². The molecule has 0 spiro atoms. The minimum absolute atomic E-state index is 0.0299. The third-order valence-electron chi connectivity index (χ3n) is 8.47. The zero-order valence-corrected chi connectivity index (χ0v) is 25.7. The quantitative estimate of drug-likeness (QED) is 0.223. The van der Waals surface area contributed by atoms with Gasteiger partial charge in [-0.25, -0.2) is 9.78 Å². The van der Waals surface area contributed by atoms with Crippen LogP contribution in [0.1, 0.15) is 48.7 Å². The molecule has 0 atom stereocenters. The summed E-state index contributed by atoms with van der Waals surface area (Å²) in [5, 5.41) is 5.30. The molecule has 43 heavy (non-hydrogen) atoms. The molecule has 0 unspecified atom stereocenters. The standard InChI is InChI=1S/C34H44N6O3/c1-4-5-15-36-34(42)39-16-13-26(14-17-39)21-40-25-35-20-28(40)22-38-23-31(32(24-38)33(41)37(2)18-19-43-3)30-12-8-10-27-9-6-7-11-29(27)30/h6-12,20,23-26H,4-5,13-19,21-22H2,1-3H3,(H,36,42). The number of aromatic nitrogens is 3. The normalized spacial score (nSPS) is 13.9. The minimum Gasteiger partial charge on any atom is -0.383 e. The fraction of sp³-hybridized carbons (Fsp3) is 0.441. The van der Waals surface area contributed by atoms with Crippen molar-refractivity contribution in [1.29, 1.82) is 0 Å². The summed E-state index contributed by atoms with van der Waals surface area (Å²) >= 11 is 0. The summed E-state index contributed by atoms with van der Waals surface area (Å²) in [5.74, 6) is 0.452. The number of unbranched alkanes of at least 4 members (excludes halogenated alkanes) is 1. The number of piperidine rings is 1. The first-order chi connectivity index (χ1) is 21.0. The van der Waals surface area contributed by atoms with Crippen molar-refractivity contribution in [1.82, 2.24) is 29.2 Å². The molecule has 0 aliphatic carbocycles. The van der Waals surface area contributed by atoms with Crippen LogP contribution in [0.3, 0.4) is 0 Å². The van der Waals surface area contributed by atoms with Gasteiger partial charge in [-0.05, 0) is 41.5 Å². The van der Waals surface area contributed by atoms with Gasteiger partial charge in [0.05, 0.1) is 30.7 Å². The van der Waals surface area contributed by atoms with E-state index in [2.05, 4.69) is 56.8 Å². The van der Waals surface area contributed by atoms with Crippen molar-refractivity contribution in [3.63, 3.8) is 0 Å². The van der Waals surface area contributed by atoms with E-state index in [1.54, 1.807) is 12.0 Å². The van der Waals surface area contributed by atoms with Gasteiger partial charge in [0.25, 0.3) is 5.91 Å². The Morgan fingerprint density at radius 1 is 1.07 bits per heavy atom. The maximum absolute atomic E-state index is 13.7. The van der Waals surface area contributed by atoms with E-state index >= 15 is 0 Å². The van der Waals surface area contributed by atoms with Crippen LogP contribution < -0.4 is 5.32 Å². The van der Waals surface area contributed by atoms with Crippen molar-refractivity contribution < 1.29 is 14.3 Å². The lowest BCUT2D eigenvalue weighted by molar-refractivity contribution is 0.0745. The van der Waals surface area contributed by atoms with Crippen molar-refractivity contribution in [2.24, 2.45) is 5.92 Å². The number of nitrogens with zero attached hydrogens (tertiary/aromatic N) is 5. The lowest BCUT2D eigenvalue weighted by Crippen LogP contribution is -2.45. The molecule has 4 aromatic rings. The van der Waals surface area contributed by atoms with Gasteiger partial charge in [0.1, 0.15) is 0 Å². The van der Waals surface area contributed by atoms with Crippen molar-refractivity contribution in [3.8, 4) is 11.1 Å². The Morgan fingerprint density at radius 2 is 1.86 bits per heavy atom. The third-order valence-corrected chi connectivity index (χ3v) is 8.47. The maximum atomic E-state index is 13.7. The van der Waals surface area contributed by atoms with E-state index in [9.17, 15) is 9.59 Å². The smallest absolute Gasteiger partial charge is 0.317 e. The average Bonchev–Trinajstić information content (AvgIpc) is 3.66. The molecule has 0 bridgehead atoms. The van der Waals surface area contributed by atoms with Crippen molar-refractivity contribution in [3.05, 3.63) is 78.6 Å². The summed E-state index contributed by atoms with van der Waals surface area (Å²) in [5.41, 5.74) is 3.72. The lowest BCUT2D eigenvalue weighted by Gasteiger charge is -2.32. The fourth-order valence-electron chi connectivity index (χ4n) is 5.89. The molecule has 3 amide bonds. The van der Waals surface area contributed by atoms with Crippen molar-refractivity contribution in [2.45, 2.75) is 45.7 Å². The lowest BCUT2D eigenvalue weighted by atomic mass is 9.97. The van der Waals surface area contributed by atoms with Gasteiger partial charge in [0.15, 0.2) is 0 Å². The number of hydrogen-bond donors (Lipinski definition) is 1. The van der Waals surface area contributed by atoms with Crippen LogP contribution >= 0.6 is 0 Å². The first kappa shape index (κ1) is 30.4. The first-order valence-corrected chi connectivity index (χ1v) is 15.4. The summed E-state index contributed by atoms with van der Waals surface area (Å²) in [7, 11) is 3.47. The number of likely N-dealkylation sites (N-methyl/N-ethyl adjacent to an activating group) is 1. The number of methoxy groups -OCH3 is 1. The predicted octanol–water partition coefficient (Wildman–Crippen LogP) is 5.49. The van der Waals surface area contributed by atoms with Gasteiger partial charge < -0.3 is 29.0 Å². The van der Waals surface area contributed by atoms with Gasteiger partial charge in [-0.15, -0.1) is 0 Å². The van der Waals surface area contributed by atoms with Gasteiger partial charge in [-0.2, -0.15) is 0 Å². The van der Waals surface area contributed by atoms with Crippen LogP contribution in [0, 0.1) is 5.92 Å². The second-order valence-electron chi connectivity index (χ2n) is 11.6. The van der Waals surface area contributed by atoms with Crippen molar-refractivity contribution >= 4 is 22.7 Å². The average molecular weight is 585 g/mol. The molecule has 5 rings (SSSR count). The largest absolute Gasteiger partial charge is 0.383 e. The summed E-state index contributed by atoms with van der Waals surface area (Å²) in [6, 6.07) is 14.6. The topological polar surface area (TPSA) is 84.6 Å². The van der Waals surface area contributed by atoms with E-state index in [4.69, 9.17) is 4.74 Å². The number of benzene rings is 2. The van der Waals surface area contributed by atoms with E-state index in [1.807, 2.05) is 48.9 Å². The van der Waals surface area contributed by atoms with Gasteiger partial charge in [-0.3, -0.25) is 4.79 Å². The van der Waals surface area contributed by atoms with E-state index in [0.29, 0.717) is 31.2 Å². The molecule has 0 radical (unpaired) electrons. The first-order valence-electron chi connectivity index (χ1n) is 15.4. The van der Waals surface area contributed by atoms with Crippen LogP contribution in [-0.4, -0.2) is 82.8 Å². The number of rotatable bonds is 12. The number of carbonyl (C=O) groups is 2. The molecule has 1 saturated heterocycles. The van der Waals surface area contributed by atoms with Crippen LogP contribution in [0.15, 0.2) is 67.4 Å². The number of urea groups is 1. The highest BCUT2D eigenvalue weighted by molar-refractivity contribution is 6.06. The summed E-state index contributed by atoms with van der Waals surface area (Å²) < 4.78 is 9.56. The number of nitrogens with one attached hydrogen (secondary N) is 1. The van der Waals surface area contributed by atoms with Crippen molar-refractivity contribution in [2.75, 3.05) is 46.9 Å². The van der Waals surface area contributed by atoms with Crippen LogP contribution in [0.2, 0.25) is 0 Å². The van der Waals surface area contributed by atoms with Crippen LogP contribution in [-0.2, 0) is 17.8 Å². The monoisotopic (exact) mass is 584 g/mol. The Morgan fingerprint density at radius 3 is 2.65 bits per heavy atom. The van der Waals surface area contributed by atoms with Gasteiger partial charge in [0, 0.05) is 71.0 Å². The number of carbonyl (C=O) groups excluding carboxylic acids is 2. The van der Waals surface area contributed by atoms with Gasteiger partial charge >= 0.3 is 6.03 Å². The number of ether oxygens (including phenoxy) is 1. The highest BCUT2D eigenvalue weighted by atomic mass is 16.5. The number of fused-ring (bicyclic) bond motifs is 1. The van der Waals surface area contributed by atoms with Gasteiger partial charge in [-0.1, -0.05) is 55.8 Å². The molecule has 9 nitrogen and oxygen atoms in total.